The molecular formula is C11H14BrN3O3. The average Bonchev–Trinajstić information content (AvgIpc) is 2.17. The number of hydrogen-bond donors (Lipinski definition) is 2. The van der Waals surface area contributed by atoms with Crippen molar-refractivity contribution in [3.63, 3.8) is 0 Å². The first-order chi connectivity index (χ1) is 8.19. The van der Waals surface area contributed by atoms with E-state index in [-0.39, 0.29) is 17.3 Å². The van der Waals surface area contributed by atoms with Gasteiger partial charge >= 0.3 is 6.03 Å². The molecule has 0 aliphatic heterocycles. The van der Waals surface area contributed by atoms with E-state index in [4.69, 9.17) is 0 Å². The van der Waals surface area contributed by atoms with E-state index in [1.54, 1.807) is 0 Å². The van der Waals surface area contributed by atoms with E-state index in [1.807, 2.05) is 20.8 Å². The summed E-state index contributed by atoms with van der Waals surface area (Å²) in [7, 11) is 0. The topological polar surface area (TPSA) is 84.3 Å². The lowest BCUT2D eigenvalue weighted by Crippen LogP contribution is -2.43. The molecule has 7 heteroatoms. The molecule has 1 aromatic rings. The van der Waals surface area contributed by atoms with Gasteiger partial charge in [0.25, 0.3) is 5.69 Å². The molecule has 0 spiro atoms. The third-order valence-corrected chi connectivity index (χ3v) is 2.56. The zero-order valence-corrected chi connectivity index (χ0v) is 11.9. The van der Waals surface area contributed by atoms with Crippen LogP contribution >= 0.6 is 15.9 Å². The number of nitrogens with one attached hydrogen (secondary N) is 2. The predicted octanol–water partition coefficient (Wildman–Crippen LogP) is 3.28. The van der Waals surface area contributed by atoms with Gasteiger partial charge in [0.15, 0.2) is 0 Å². The highest BCUT2D eigenvalue weighted by Gasteiger charge is 2.15. The maximum atomic E-state index is 11.6. The Balaban J connectivity index is 2.80. The molecule has 0 aromatic heterocycles. The third-order valence-electron chi connectivity index (χ3n) is 1.90. The zero-order chi connectivity index (χ0) is 13.9. The van der Waals surface area contributed by atoms with Gasteiger partial charge in [-0.15, -0.1) is 0 Å². The Hall–Kier alpha value is -1.63. The Kier molecular flexibility index (Phi) is 4.28. The molecule has 0 fully saturated rings. The third kappa shape index (κ3) is 4.33. The van der Waals surface area contributed by atoms with Crippen molar-refractivity contribution < 1.29 is 9.72 Å². The summed E-state index contributed by atoms with van der Waals surface area (Å²) in [6.07, 6.45) is 0. The minimum absolute atomic E-state index is 0.0383. The largest absolute Gasteiger partial charge is 0.333 e. The minimum Gasteiger partial charge on any atom is -0.333 e. The maximum absolute atomic E-state index is 11.6. The van der Waals surface area contributed by atoms with Crippen LogP contribution in [-0.2, 0) is 0 Å². The number of rotatable bonds is 2. The van der Waals surface area contributed by atoms with Gasteiger partial charge in [-0.3, -0.25) is 10.1 Å². The van der Waals surface area contributed by atoms with Gasteiger partial charge in [-0.1, -0.05) is 0 Å². The van der Waals surface area contributed by atoms with E-state index in [2.05, 4.69) is 26.6 Å². The van der Waals surface area contributed by atoms with Gasteiger partial charge in [0.1, 0.15) is 0 Å². The molecule has 6 nitrogen and oxygen atoms in total. The molecule has 0 bridgehead atoms. The SMILES string of the molecule is CC(C)(C)NC(=O)Nc1ccc([N+](=O)[O-])cc1Br. The Morgan fingerprint density at radius 1 is 1.39 bits per heavy atom. The fourth-order valence-corrected chi connectivity index (χ4v) is 1.68. The summed E-state index contributed by atoms with van der Waals surface area (Å²) >= 11 is 3.18. The fraction of sp³-hybridized carbons (Fsp3) is 0.364. The van der Waals surface area contributed by atoms with E-state index in [1.165, 1.54) is 18.2 Å². The molecule has 18 heavy (non-hydrogen) atoms. The fourth-order valence-electron chi connectivity index (χ4n) is 1.21. The quantitative estimate of drug-likeness (QED) is 0.648. The summed E-state index contributed by atoms with van der Waals surface area (Å²) in [5, 5.41) is 15.9. The molecule has 1 aromatic carbocycles. The number of amides is 2. The molecule has 0 saturated heterocycles. The zero-order valence-electron chi connectivity index (χ0n) is 10.3. The summed E-state index contributed by atoms with van der Waals surface area (Å²) in [4.78, 5) is 21.7. The van der Waals surface area contributed by atoms with Crippen molar-refractivity contribution in [2.24, 2.45) is 0 Å². The van der Waals surface area contributed by atoms with Crippen LogP contribution in [0.4, 0.5) is 16.2 Å². The van der Waals surface area contributed by atoms with Crippen LogP contribution in [0.1, 0.15) is 20.8 Å². The molecule has 1 rings (SSSR count). The first-order valence-electron chi connectivity index (χ1n) is 5.22. The molecule has 0 heterocycles. The Labute approximate surface area is 113 Å². The molecule has 0 radical (unpaired) electrons. The van der Waals surface area contributed by atoms with Gasteiger partial charge in [0.05, 0.1) is 10.6 Å². The minimum atomic E-state index is -0.496. The lowest BCUT2D eigenvalue weighted by Gasteiger charge is -2.21. The van der Waals surface area contributed by atoms with Crippen molar-refractivity contribution in [3.8, 4) is 0 Å². The van der Waals surface area contributed by atoms with Gasteiger partial charge in [-0.2, -0.15) is 0 Å². The highest BCUT2D eigenvalue weighted by Crippen LogP contribution is 2.27. The number of carbonyl (C=O) groups excluding carboxylic acids is 1. The number of halogens is 1. The monoisotopic (exact) mass is 315 g/mol. The van der Waals surface area contributed by atoms with Crippen LogP contribution in [0.5, 0.6) is 0 Å². The van der Waals surface area contributed by atoms with Gasteiger partial charge < -0.3 is 10.6 Å². The highest BCUT2D eigenvalue weighted by atomic mass is 79.9. The molecule has 0 saturated carbocycles. The Bertz CT molecular complexity index is 483. The second-order valence-corrected chi connectivity index (χ2v) is 5.60. The predicted molar refractivity (Wildman–Crippen MR) is 72.7 cm³/mol. The molecule has 98 valence electrons. The second kappa shape index (κ2) is 5.34. The van der Waals surface area contributed by atoms with Crippen LogP contribution < -0.4 is 10.6 Å². The van der Waals surface area contributed by atoms with E-state index in [9.17, 15) is 14.9 Å². The van der Waals surface area contributed by atoms with Crippen LogP contribution in [-0.4, -0.2) is 16.5 Å². The number of nitro groups is 1. The van der Waals surface area contributed by atoms with Crippen LogP contribution in [0.15, 0.2) is 22.7 Å². The molecule has 0 aliphatic carbocycles. The normalized spacial score (nSPS) is 10.9. The summed E-state index contributed by atoms with van der Waals surface area (Å²) in [6, 6.07) is 3.78. The average molecular weight is 316 g/mol. The molecule has 2 N–H and O–H groups in total. The lowest BCUT2D eigenvalue weighted by molar-refractivity contribution is -0.384. The summed E-state index contributed by atoms with van der Waals surface area (Å²) < 4.78 is 0.459. The lowest BCUT2D eigenvalue weighted by atomic mass is 10.1. The first-order valence-corrected chi connectivity index (χ1v) is 6.01. The number of hydrogen-bond acceptors (Lipinski definition) is 3. The standard InChI is InChI=1S/C11H14BrN3O3/c1-11(2,3)14-10(16)13-9-5-4-7(15(17)18)6-8(9)12/h4-6H,1-3H3,(H2,13,14,16). The number of carbonyl (C=O) groups is 1. The van der Waals surface area contributed by atoms with Gasteiger partial charge in [-0.05, 0) is 42.8 Å². The Morgan fingerprint density at radius 3 is 2.44 bits per heavy atom. The number of urea groups is 1. The molecule has 0 atom stereocenters. The van der Waals surface area contributed by atoms with Gasteiger partial charge in [0.2, 0.25) is 0 Å². The van der Waals surface area contributed by atoms with Crippen molar-refractivity contribution in [2.75, 3.05) is 5.32 Å². The molecular weight excluding hydrogens is 302 g/mol. The van der Waals surface area contributed by atoms with E-state index < -0.39 is 4.92 Å². The number of nitro benzene ring substituents is 1. The molecule has 0 aliphatic rings. The van der Waals surface area contributed by atoms with Crippen molar-refractivity contribution in [1.29, 1.82) is 0 Å². The summed E-state index contributed by atoms with van der Waals surface area (Å²) in [5.41, 5.74) is 0.0863. The van der Waals surface area contributed by atoms with Gasteiger partial charge in [0, 0.05) is 22.1 Å². The van der Waals surface area contributed by atoms with Gasteiger partial charge in [-0.25, -0.2) is 4.79 Å². The molecule has 2 amide bonds. The number of anilines is 1. The van der Waals surface area contributed by atoms with Crippen molar-refractivity contribution in [3.05, 3.63) is 32.8 Å². The summed E-state index contributed by atoms with van der Waals surface area (Å²) in [6.45, 7) is 5.58. The number of benzene rings is 1. The van der Waals surface area contributed by atoms with Crippen LogP contribution in [0, 0.1) is 10.1 Å². The maximum Gasteiger partial charge on any atom is 0.319 e. The van der Waals surface area contributed by atoms with Crippen LogP contribution in [0.2, 0.25) is 0 Å². The number of nitrogens with zero attached hydrogens (tertiary/aromatic N) is 1. The first kappa shape index (κ1) is 14.4. The van der Waals surface area contributed by atoms with E-state index in [0.29, 0.717) is 10.2 Å². The molecule has 0 unspecified atom stereocenters. The van der Waals surface area contributed by atoms with E-state index in [0.717, 1.165) is 0 Å². The van der Waals surface area contributed by atoms with Crippen molar-refractivity contribution in [1.82, 2.24) is 5.32 Å². The Morgan fingerprint density at radius 2 is 2.00 bits per heavy atom. The van der Waals surface area contributed by atoms with E-state index >= 15 is 0 Å². The summed E-state index contributed by atoms with van der Waals surface area (Å²) in [5.74, 6) is 0. The van der Waals surface area contributed by atoms with Crippen LogP contribution in [0.25, 0.3) is 0 Å². The van der Waals surface area contributed by atoms with Crippen molar-refractivity contribution >= 4 is 33.3 Å². The second-order valence-electron chi connectivity index (χ2n) is 4.75. The smallest absolute Gasteiger partial charge is 0.319 e. The number of non-ortho nitro benzene ring substituents is 1. The van der Waals surface area contributed by atoms with Crippen molar-refractivity contribution in [2.45, 2.75) is 26.3 Å². The van der Waals surface area contributed by atoms with Crippen LogP contribution in [0.3, 0.4) is 0 Å². The highest BCUT2D eigenvalue weighted by molar-refractivity contribution is 9.10.